The molecular weight excluding hydrogens is 406 g/mol. The van der Waals surface area contributed by atoms with Gasteiger partial charge in [-0.05, 0) is 23.4 Å². The van der Waals surface area contributed by atoms with Crippen LogP contribution in [-0.2, 0) is 27.2 Å². The number of amides is 3. The Morgan fingerprint density at radius 2 is 2.00 bits per heavy atom. The molecule has 0 aliphatic carbocycles. The highest BCUT2D eigenvalue weighted by Gasteiger charge is 2.51. The van der Waals surface area contributed by atoms with Crippen LogP contribution in [0.25, 0.3) is 0 Å². The van der Waals surface area contributed by atoms with Crippen LogP contribution in [-0.4, -0.2) is 52.4 Å². The summed E-state index contributed by atoms with van der Waals surface area (Å²) in [5, 5.41) is 7.72. The molecule has 29 heavy (non-hydrogen) atoms. The molecule has 2 aromatic rings. The fourth-order valence-corrected chi connectivity index (χ4v) is 5.68. The Kier molecular flexibility index (Phi) is 6.20. The second-order valence-electron chi connectivity index (χ2n) is 7.17. The van der Waals surface area contributed by atoms with Crippen molar-refractivity contribution in [2.24, 2.45) is 0 Å². The molecule has 0 bridgehead atoms. The molecule has 3 heterocycles. The van der Waals surface area contributed by atoms with Gasteiger partial charge in [-0.1, -0.05) is 36.4 Å². The SMILES string of the molecule is O=C(CCc1ccccc1)N[C@@H](Cc1cccs1)C(=O)N[C@@H]1C(=O)N2CCS[C@@H]12. The lowest BCUT2D eigenvalue weighted by Gasteiger charge is -2.42. The molecule has 2 fully saturated rings. The van der Waals surface area contributed by atoms with E-state index in [-0.39, 0.29) is 23.1 Å². The highest BCUT2D eigenvalue weighted by Crippen LogP contribution is 2.35. The Labute approximate surface area is 178 Å². The predicted molar refractivity (Wildman–Crippen MR) is 115 cm³/mol. The minimum Gasteiger partial charge on any atom is -0.344 e. The van der Waals surface area contributed by atoms with Gasteiger partial charge in [0.1, 0.15) is 17.5 Å². The van der Waals surface area contributed by atoms with Gasteiger partial charge in [-0.2, -0.15) is 0 Å². The number of β-lactam (4-membered cyclic amide) rings is 1. The maximum absolute atomic E-state index is 12.9. The van der Waals surface area contributed by atoms with E-state index in [1.54, 1.807) is 28.0 Å². The number of carbonyl (C=O) groups excluding carboxylic acids is 3. The zero-order valence-corrected chi connectivity index (χ0v) is 17.5. The minimum atomic E-state index is -0.690. The molecule has 0 unspecified atom stereocenters. The summed E-state index contributed by atoms with van der Waals surface area (Å²) in [6.45, 7) is 0.745. The molecule has 6 nitrogen and oxygen atoms in total. The summed E-state index contributed by atoms with van der Waals surface area (Å²) in [4.78, 5) is 40.4. The minimum absolute atomic E-state index is 0.0290. The number of thiophene rings is 1. The average molecular weight is 430 g/mol. The van der Waals surface area contributed by atoms with Crippen LogP contribution in [0.1, 0.15) is 16.9 Å². The topological polar surface area (TPSA) is 78.5 Å². The predicted octanol–water partition coefficient (Wildman–Crippen LogP) is 1.81. The van der Waals surface area contributed by atoms with Gasteiger partial charge < -0.3 is 15.5 Å². The lowest BCUT2D eigenvalue weighted by Crippen LogP contribution is -2.68. The number of thioether (sulfide) groups is 1. The Bertz CT molecular complexity index is 873. The Hall–Kier alpha value is -2.32. The van der Waals surface area contributed by atoms with E-state index in [0.717, 1.165) is 22.7 Å². The number of carbonyl (C=O) groups is 3. The highest BCUT2D eigenvalue weighted by atomic mass is 32.2. The van der Waals surface area contributed by atoms with E-state index in [2.05, 4.69) is 10.6 Å². The van der Waals surface area contributed by atoms with Crippen molar-refractivity contribution in [3.05, 3.63) is 58.3 Å². The molecule has 0 spiro atoms. The molecule has 2 saturated heterocycles. The van der Waals surface area contributed by atoms with Gasteiger partial charge in [-0.15, -0.1) is 23.1 Å². The van der Waals surface area contributed by atoms with E-state index in [1.165, 1.54) is 0 Å². The summed E-state index contributed by atoms with van der Waals surface area (Å²) in [5.41, 5.74) is 1.08. The van der Waals surface area contributed by atoms with E-state index >= 15 is 0 Å². The number of hydrogen-bond donors (Lipinski definition) is 2. The molecule has 1 aromatic carbocycles. The molecule has 4 rings (SSSR count). The van der Waals surface area contributed by atoms with Crippen molar-refractivity contribution in [3.8, 4) is 0 Å². The van der Waals surface area contributed by atoms with Crippen molar-refractivity contribution in [2.45, 2.75) is 36.7 Å². The molecule has 152 valence electrons. The first-order valence-corrected chi connectivity index (χ1v) is 11.6. The molecule has 8 heteroatoms. The molecular formula is C21H23N3O3S2. The molecule has 3 amide bonds. The maximum Gasteiger partial charge on any atom is 0.249 e. The smallest absolute Gasteiger partial charge is 0.249 e. The third-order valence-corrected chi connectivity index (χ3v) is 7.37. The van der Waals surface area contributed by atoms with Crippen molar-refractivity contribution >= 4 is 40.8 Å². The summed E-state index contributed by atoms with van der Waals surface area (Å²) in [6, 6.07) is 12.5. The fraction of sp³-hybridized carbons (Fsp3) is 0.381. The van der Waals surface area contributed by atoms with E-state index in [1.807, 2.05) is 47.8 Å². The standard InChI is InChI=1S/C21H23N3O3S2/c25-17(9-8-14-5-2-1-3-6-14)22-16(13-15-7-4-11-28-15)19(26)23-18-20(27)24-10-12-29-21(18)24/h1-7,11,16,18,21H,8-10,12-13H2,(H,22,25)(H,23,26)/t16-,18+,21-/m0/s1. The summed E-state index contributed by atoms with van der Waals surface area (Å²) < 4.78 is 0. The third-order valence-electron chi connectivity index (χ3n) is 5.18. The zero-order valence-electron chi connectivity index (χ0n) is 15.9. The number of nitrogens with one attached hydrogen (secondary N) is 2. The molecule has 2 aliphatic heterocycles. The van der Waals surface area contributed by atoms with Crippen LogP contribution < -0.4 is 10.6 Å². The van der Waals surface area contributed by atoms with Gasteiger partial charge in [0.15, 0.2) is 0 Å². The second kappa shape index (κ2) is 9.00. The lowest BCUT2D eigenvalue weighted by atomic mass is 10.1. The maximum atomic E-state index is 12.9. The summed E-state index contributed by atoms with van der Waals surface area (Å²) in [6.07, 6.45) is 1.35. The first kappa shape index (κ1) is 20.0. The van der Waals surface area contributed by atoms with Gasteiger partial charge in [0, 0.05) is 30.0 Å². The van der Waals surface area contributed by atoms with E-state index in [4.69, 9.17) is 0 Å². The van der Waals surface area contributed by atoms with Crippen LogP contribution in [0.2, 0.25) is 0 Å². The van der Waals surface area contributed by atoms with Crippen molar-refractivity contribution in [1.29, 1.82) is 0 Å². The van der Waals surface area contributed by atoms with Crippen molar-refractivity contribution in [2.75, 3.05) is 12.3 Å². The van der Waals surface area contributed by atoms with Gasteiger partial charge in [-0.25, -0.2) is 0 Å². The third kappa shape index (κ3) is 4.64. The first-order valence-electron chi connectivity index (χ1n) is 9.70. The van der Waals surface area contributed by atoms with Crippen molar-refractivity contribution < 1.29 is 14.4 Å². The normalized spacial score (nSPS) is 21.2. The summed E-state index contributed by atoms with van der Waals surface area (Å²) in [5.74, 6) is 0.412. The molecule has 1 aromatic heterocycles. The lowest BCUT2D eigenvalue weighted by molar-refractivity contribution is -0.147. The number of benzene rings is 1. The zero-order chi connectivity index (χ0) is 20.2. The summed E-state index contributed by atoms with van der Waals surface area (Å²) >= 11 is 3.24. The van der Waals surface area contributed by atoms with Crippen LogP contribution in [0.3, 0.4) is 0 Å². The Morgan fingerprint density at radius 3 is 2.76 bits per heavy atom. The van der Waals surface area contributed by atoms with Crippen LogP contribution in [0.15, 0.2) is 47.8 Å². The highest BCUT2D eigenvalue weighted by molar-refractivity contribution is 8.00. The largest absolute Gasteiger partial charge is 0.344 e. The Morgan fingerprint density at radius 1 is 1.17 bits per heavy atom. The molecule has 0 radical (unpaired) electrons. The quantitative estimate of drug-likeness (QED) is 0.628. The van der Waals surface area contributed by atoms with E-state index in [0.29, 0.717) is 19.3 Å². The van der Waals surface area contributed by atoms with Gasteiger partial charge in [0.2, 0.25) is 17.7 Å². The van der Waals surface area contributed by atoms with Crippen molar-refractivity contribution in [3.63, 3.8) is 0 Å². The van der Waals surface area contributed by atoms with E-state index in [9.17, 15) is 14.4 Å². The summed E-state index contributed by atoms with van der Waals surface area (Å²) in [7, 11) is 0. The van der Waals surface area contributed by atoms with Crippen molar-refractivity contribution in [1.82, 2.24) is 15.5 Å². The van der Waals surface area contributed by atoms with E-state index < -0.39 is 12.1 Å². The number of fused-ring (bicyclic) bond motifs is 1. The van der Waals surface area contributed by atoms with Gasteiger partial charge in [0.25, 0.3) is 0 Å². The molecule has 2 aliphatic rings. The molecule has 3 atom stereocenters. The van der Waals surface area contributed by atoms with Crippen LogP contribution in [0, 0.1) is 0 Å². The van der Waals surface area contributed by atoms with Crippen LogP contribution in [0.5, 0.6) is 0 Å². The number of rotatable bonds is 8. The average Bonchev–Trinajstić information content (AvgIpc) is 3.40. The van der Waals surface area contributed by atoms with Crippen LogP contribution >= 0.6 is 23.1 Å². The fourth-order valence-electron chi connectivity index (χ4n) is 3.61. The number of nitrogens with zero attached hydrogens (tertiary/aromatic N) is 1. The van der Waals surface area contributed by atoms with Gasteiger partial charge >= 0.3 is 0 Å². The number of aryl methyl sites for hydroxylation is 1. The van der Waals surface area contributed by atoms with Gasteiger partial charge in [-0.3, -0.25) is 14.4 Å². The van der Waals surface area contributed by atoms with Gasteiger partial charge in [0.05, 0.1) is 0 Å². The monoisotopic (exact) mass is 429 g/mol. The number of hydrogen-bond acceptors (Lipinski definition) is 5. The van der Waals surface area contributed by atoms with Crippen LogP contribution in [0.4, 0.5) is 0 Å². The Balaban J connectivity index is 1.37. The molecule has 2 N–H and O–H groups in total. The first-order chi connectivity index (χ1) is 14.1. The molecule has 0 saturated carbocycles. The second-order valence-corrected chi connectivity index (χ2v) is 9.43.